The van der Waals surface area contributed by atoms with Gasteiger partial charge in [-0.1, -0.05) is 81.6 Å². The monoisotopic (exact) mass is 832 g/mol. The Morgan fingerprint density at radius 3 is 2.55 bits per heavy atom. The zero-order chi connectivity index (χ0) is 42.1. The average Bonchev–Trinajstić information content (AvgIpc) is 3.64. The van der Waals surface area contributed by atoms with E-state index in [1.807, 2.05) is 10.7 Å². The summed E-state index contributed by atoms with van der Waals surface area (Å²) in [6.07, 6.45) is 10.0. The van der Waals surface area contributed by atoms with E-state index < -0.39 is 13.7 Å². The Bertz CT molecular complexity index is 2350. The molecule has 3 aliphatic heterocycles. The van der Waals surface area contributed by atoms with Gasteiger partial charge in [-0.15, -0.1) is 5.10 Å². The number of aromatic nitrogens is 4. The minimum absolute atomic E-state index is 0.00412. The van der Waals surface area contributed by atoms with Crippen molar-refractivity contribution in [2.75, 3.05) is 26.2 Å². The number of pyridine rings is 1. The highest BCUT2D eigenvalue weighted by Crippen LogP contribution is 2.43. The van der Waals surface area contributed by atoms with Crippen LogP contribution in [-0.4, -0.2) is 76.6 Å². The molecule has 9 rings (SSSR count). The smallest absolute Gasteiger partial charge is 0.316 e. The van der Waals surface area contributed by atoms with Crippen LogP contribution in [0.2, 0.25) is 18.1 Å². The fourth-order valence-electron chi connectivity index (χ4n) is 9.60. The maximum atomic E-state index is 14.1. The molecule has 320 valence electrons. The lowest BCUT2D eigenvalue weighted by Crippen LogP contribution is -2.53. The average molecular weight is 833 g/mol. The molecule has 1 unspecified atom stereocenters. The SMILES string of the molecule is CC(C)(C)[Si](C)(C)O[C@@H](CNCc1ccc2c(c1)nnn2CCCCc1cccc(C2(C(=O)OC3CN4CCC3CC4)CCCCC2)c1)c1ccc(O)c2[nH]c(=O)ccc12. The maximum Gasteiger partial charge on any atom is 0.316 e. The van der Waals surface area contributed by atoms with Crippen molar-refractivity contribution < 1.29 is 19.1 Å². The molecule has 0 spiro atoms. The van der Waals surface area contributed by atoms with Crippen LogP contribution in [0.1, 0.15) is 107 Å². The second-order valence-corrected chi connectivity index (χ2v) is 24.1. The first-order valence-electron chi connectivity index (χ1n) is 22.4. The topological polar surface area (TPSA) is 135 Å². The molecule has 5 heterocycles. The van der Waals surface area contributed by atoms with E-state index in [9.17, 15) is 14.7 Å². The highest BCUT2D eigenvalue weighted by atomic mass is 28.4. The molecule has 4 aliphatic rings. The van der Waals surface area contributed by atoms with Crippen LogP contribution in [0.4, 0.5) is 0 Å². The molecule has 0 radical (unpaired) electrons. The third-order valence-electron chi connectivity index (χ3n) is 14.3. The highest BCUT2D eigenvalue weighted by Gasteiger charge is 2.46. The summed E-state index contributed by atoms with van der Waals surface area (Å²) in [5, 5.41) is 24.0. The minimum Gasteiger partial charge on any atom is -0.506 e. The number of H-pyrrole nitrogens is 1. The molecule has 2 aromatic heterocycles. The largest absolute Gasteiger partial charge is 0.506 e. The third-order valence-corrected chi connectivity index (χ3v) is 18.7. The summed E-state index contributed by atoms with van der Waals surface area (Å²) >= 11 is 0. The van der Waals surface area contributed by atoms with Gasteiger partial charge in [0.15, 0.2) is 8.32 Å². The van der Waals surface area contributed by atoms with Crippen molar-refractivity contribution in [3.05, 3.63) is 99.3 Å². The number of aromatic hydroxyl groups is 1. The number of nitrogens with one attached hydrogen (secondary N) is 2. The van der Waals surface area contributed by atoms with Gasteiger partial charge in [-0.2, -0.15) is 0 Å². The second-order valence-electron chi connectivity index (χ2n) is 19.3. The lowest BCUT2D eigenvalue weighted by molar-refractivity contribution is -0.167. The summed E-state index contributed by atoms with van der Waals surface area (Å²) < 4.78 is 15.4. The van der Waals surface area contributed by atoms with Gasteiger partial charge < -0.3 is 24.6 Å². The number of unbranched alkanes of at least 4 members (excludes halogenated alkanes) is 1. The first-order chi connectivity index (χ1) is 28.8. The molecule has 2 bridgehead atoms. The number of carbonyl (C=O) groups excluding carboxylic acids is 1. The number of hydrogen-bond acceptors (Lipinski definition) is 9. The Hall–Kier alpha value is -4.36. The van der Waals surface area contributed by atoms with Gasteiger partial charge >= 0.3 is 5.97 Å². The van der Waals surface area contributed by atoms with E-state index >= 15 is 0 Å². The fraction of sp³-hybridized carbons (Fsp3) is 0.542. The van der Waals surface area contributed by atoms with Crippen LogP contribution in [-0.2, 0) is 38.9 Å². The Morgan fingerprint density at radius 2 is 1.80 bits per heavy atom. The van der Waals surface area contributed by atoms with E-state index in [-0.39, 0.29) is 34.5 Å². The Morgan fingerprint density at radius 1 is 1.00 bits per heavy atom. The van der Waals surface area contributed by atoms with Gasteiger partial charge in [0.05, 0.1) is 22.6 Å². The number of esters is 1. The van der Waals surface area contributed by atoms with Gasteiger partial charge in [-0.3, -0.25) is 14.5 Å². The number of phenolic OH excluding ortho intramolecular Hbond substituents is 1. The van der Waals surface area contributed by atoms with Gasteiger partial charge in [-0.25, -0.2) is 4.68 Å². The van der Waals surface area contributed by atoms with Crippen LogP contribution in [0.3, 0.4) is 0 Å². The standard InChI is InChI=1S/C48H64N6O5Si/c1-47(2,3)60(4,5)59-42(37-16-19-41(55)45-38(37)17-20-44(56)50-45)31-49-30-34-15-18-40-39(29-34)51-52-54(40)25-10-7-12-33-13-11-14-36(28-33)48(23-8-6-9-24-48)46(57)58-43-32-53-26-21-35(43)22-27-53/h11,13-20,28-29,35,42-43,49,55H,6-10,12,21-27,30-32H2,1-5H3,(H,50,56)/t42-,43?/m0/s1. The van der Waals surface area contributed by atoms with Crippen LogP contribution in [0.5, 0.6) is 5.75 Å². The molecule has 12 heteroatoms. The lowest BCUT2D eigenvalue weighted by atomic mass is 9.69. The normalized spacial score (nSPS) is 21.1. The van der Waals surface area contributed by atoms with Gasteiger partial charge in [0.2, 0.25) is 5.56 Å². The maximum absolute atomic E-state index is 14.1. The van der Waals surface area contributed by atoms with E-state index in [0.29, 0.717) is 24.5 Å². The first kappa shape index (κ1) is 42.3. The predicted octanol–water partition coefficient (Wildman–Crippen LogP) is 8.69. The van der Waals surface area contributed by atoms with E-state index in [2.05, 4.69) is 102 Å². The van der Waals surface area contributed by atoms with Crippen LogP contribution in [0, 0.1) is 5.92 Å². The number of benzene rings is 3. The molecular weight excluding hydrogens is 769 g/mol. The van der Waals surface area contributed by atoms with Crippen molar-refractivity contribution in [3.8, 4) is 5.75 Å². The number of nitrogens with zero attached hydrogens (tertiary/aromatic N) is 4. The Balaban J connectivity index is 0.880. The van der Waals surface area contributed by atoms with Crippen LogP contribution >= 0.6 is 0 Å². The molecule has 1 saturated carbocycles. The zero-order valence-electron chi connectivity index (χ0n) is 36.3. The second kappa shape index (κ2) is 17.6. The van der Waals surface area contributed by atoms with Gasteiger partial charge in [-0.05, 0) is 129 Å². The van der Waals surface area contributed by atoms with Crippen molar-refractivity contribution in [1.82, 2.24) is 30.2 Å². The first-order valence-corrected chi connectivity index (χ1v) is 25.3. The van der Waals surface area contributed by atoms with Crippen LogP contribution < -0.4 is 10.9 Å². The number of piperidine rings is 3. The molecule has 3 saturated heterocycles. The van der Waals surface area contributed by atoms with E-state index in [1.165, 1.54) is 18.1 Å². The van der Waals surface area contributed by atoms with Crippen molar-refractivity contribution in [1.29, 1.82) is 0 Å². The van der Waals surface area contributed by atoms with Gasteiger partial charge in [0.1, 0.15) is 17.4 Å². The summed E-state index contributed by atoms with van der Waals surface area (Å²) in [6, 6.07) is 22.0. The van der Waals surface area contributed by atoms with E-state index in [1.54, 1.807) is 12.1 Å². The lowest BCUT2D eigenvalue weighted by Gasteiger charge is -2.45. The molecule has 4 fully saturated rings. The number of carbonyl (C=O) groups is 1. The quantitative estimate of drug-likeness (QED) is 0.0538. The Labute approximate surface area is 355 Å². The van der Waals surface area contributed by atoms with Gasteiger partial charge in [0.25, 0.3) is 0 Å². The van der Waals surface area contributed by atoms with Crippen LogP contribution in [0.25, 0.3) is 21.9 Å². The third kappa shape index (κ3) is 8.98. The van der Waals surface area contributed by atoms with Crippen molar-refractivity contribution in [3.63, 3.8) is 0 Å². The zero-order valence-corrected chi connectivity index (χ0v) is 37.3. The molecule has 1 aliphatic carbocycles. The van der Waals surface area contributed by atoms with E-state index in [4.69, 9.17) is 9.16 Å². The number of aryl methyl sites for hydroxylation is 2. The number of phenols is 1. The highest BCUT2D eigenvalue weighted by molar-refractivity contribution is 6.74. The molecular formula is C48H64N6O5Si. The molecule has 2 atom stereocenters. The molecule has 5 aromatic rings. The number of ether oxygens (including phenoxy) is 1. The molecule has 3 aromatic carbocycles. The van der Waals surface area contributed by atoms with Crippen molar-refractivity contribution in [2.45, 2.75) is 134 Å². The predicted molar refractivity (Wildman–Crippen MR) is 240 cm³/mol. The van der Waals surface area contributed by atoms with Crippen LogP contribution in [0.15, 0.2) is 71.5 Å². The summed E-state index contributed by atoms with van der Waals surface area (Å²) in [6.45, 7) is 16.3. The van der Waals surface area contributed by atoms with Crippen molar-refractivity contribution in [2.24, 2.45) is 5.92 Å². The fourth-order valence-corrected chi connectivity index (χ4v) is 10.9. The molecule has 11 nitrogen and oxygen atoms in total. The van der Waals surface area contributed by atoms with Gasteiger partial charge in [0, 0.05) is 37.6 Å². The summed E-state index contributed by atoms with van der Waals surface area (Å²) in [7, 11) is -2.20. The number of rotatable bonds is 15. The molecule has 0 amide bonds. The number of aromatic amines is 1. The minimum atomic E-state index is -2.20. The molecule has 3 N–H and O–H groups in total. The number of fused-ring (bicyclic) bond motifs is 5. The Kier molecular flexibility index (Phi) is 12.4. The van der Waals surface area contributed by atoms with E-state index in [0.717, 1.165) is 117 Å². The summed E-state index contributed by atoms with van der Waals surface area (Å²) in [4.78, 5) is 31.5. The summed E-state index contributed by atoms with van der Waals surface area (Å²) in [5.74, 6) is 0.566. The van der Waals surface area contributed by atoms with Crippen molar-refractivity contribution >= 4 is 36.2 Å². The molecule has 60 heavy (non-hydrogen) atoms. The summed E-state index contributed by atoms with van der Waals surface area (Å²) in [5.41, 5.74) is 5.97. The number of hydrogen-bond donors (Lipinski definition) is 3.